The van der Waals surface area contributed by atoms with Crippen LogP contribution in [0.15, 0.2) is 22.8 Å². The minimum Gasteiger partial charge on any atom is -0.460 e. The number of ketones is 3. The van der Waals surface area contributed by atoms with Crippen LogP contribution in [0, 0.1) is 17.8 Å². The van der Waals surface area contributed by atoms with Gasteiger partial charge in [-0.05, 0) is 202 Å². The van der Waals surface area contributed by atoms with Gasteiger partial charge in [-0.3, -0.25) is 52.7 Å². The highest BCUT2D eigenvalue weighted by Crippen LogP contribution is 2.58. The number of fused-ring (bicyclic) bond motifs is 3. The maximum Gasteiger partial charge on any atom is 0.408 e. The average Bonchev–Trinajstić information content (AvgIpc) is 1.52. The Morgan fingerprint density at radius 3 is 1.44 bits per heavy atom. The molecule has 5 N–H and O–H groups in total. The zero-order valence-electron chi connectivity index (χ0n) is 72.9. The first-order valence-electron chi connectivity index (χ1n) is 40.0. The third kappa shape index (κ3) is 33.0. The van der Waals surface area contributed by atoms with Gasteiger partial charge in [-0.15, -0.1) is 0 Å². The van der Waals surface area contributed by atoms with Gasteiger partial charge >= 0.3 is 65.8 Å². The zero-order chi connectivity index (χ0) is 89.0. The Bertz CT molecular complexity index is 3640. The lowest BCUT2D eigenvalue weighted by Gasteiger charge is -2.41. The van der Waals surface area contributed by atoms with Gasteiger partial charge in [0, 0.05) is 76.7 Å². The van der Waals surface area contributed by atoms with Crippen molar-refractivity contribution in [2.24, 2.45) is 17.8 Å². The summed E-state index contributed by atoms with van der Waals surface area (Å²) < 4.78 is 63.3. The highest BCUT2D eigenvalue weighted by Gasteiger charge is 2.76. The van der Waals surface area contributed by atoms with Crippen LogP contribution in [0.3, 0.4) is 0 Å². The smallest absolute Gasteiger partial charge is 0.408 e. The van der Waals surface area contributed by atoms with Crippen LogP contribution in [-0.2, 0) is 124 Å². The third-order valence-corrected chi connectivity index (χ3v) is 18.8. The van der Waals surface area contributed by atoms with E-state index < -0.39 is 257 Å². The minimum atomic E-state index is -2.98. The number of alkyl carbamates (subject to hydrolysis) is 1. The molecule has 0 aromatic rings. The quantitative estimate of drug-likeness (QED) is 0.0125. The van der Waals surface area contributed by atoms with Crippen molar-refractivity contribution in [1.29, 1.82) is 0 Å². The molecule has 656 valence electrons. The number of esters is 10. The summed E-state index contributed by atoms with van der Waals surface area (Å²) in [6.07, 6.45) is -10.3. The van der Waals surface area contributed by atoms with Gasteiger partial charge in [-0.1, -0.05) is 38.7 Å². The largest absolute Gasteiger partial charge is 0.460 e. The van der Waals surface area contributed by atoms with E-state index in [9.17, 15) is 86.9 Å². The lowest BCUT2D eigenvalue weighted by molar-refractivity contribution is -0.212. The highest BCUT2D eigenvalue weighted by molar-refractivity contribution is 5.95. The van der Waals surface area contributed by atoms with Gasteiger partial charge in [0.15, 0.2) is 29.5 Å². The van der Waals surface area contributed by atoms with E-state index in [-0.39, 0.29) is 61.7 Å². The summed E-state index contributed by atoms with van der Waals surface area (Å²) in [5, 5.41) is 32.5. The second kappa shape index (κ2) is 42.1. The topological polar surface area (TPSA) is 451 Å². The van der Waals surface area contributed by atoms with Crippen molar-refractivity contribution in [1.82, 2.24) is 16.0 Å². The Labute approximate surface area is 682 Å². The normalized spacial score (nSPS) is 22.3. The molecule has 0 aromatic carbocycles. The fraction of sp³-hybridized carbons (Fsp3) is 0.762. The first-order chi connectivity index (χ1) is 52.9. The van der Waals surface area contributed by atoms with Crippen LogP contribution in [0.1, 0.15) is 302 Å². The van der Waals surface area contributed by atoms with Gasteiger partial charge in [0.25, 0.3) is 0 Å². The number of allylic oxidation sites excluding steroid dienone is 1. The first kappa shape index (κ1) is 102. The summed E-state index contributed by atoms with van der Waals surface area (Å²) in [6.45, 7) is 38.3. The van der Waals surface area contributed by atoms with Gasteiger partial charge in [0.2, 0.25) is 11.8 Å². The predicted molar refractivity (Wildman–Crippen MR) is 417 cm³/mol. The molecule has 0 bridgehead atoms. The Balaban J connectivity index is 1.98. The third-order valence-electron chi connectivity index (χ3n) is 18.8. The molecule has 13 atom stereocenters. The Morgan fingerprint density at radius 1 is 0.509 bits per heavy atom. The number of carbonyl (C=O) groups excluding carboxylic acids is 16. The van der Waals surface area contributed by atoms with Crippen molar-refractivity contribution >= 4 is 95.0 Å². The van der Waals surface area contributed by atoms with Gasteiger partial charge in [0.1, 0.15) is 80.8 Å². The molecule has 0 aromatic heterocycles. The van der Waals surface area contributed by atoms with Crippen molar-refractivity contribution < 1.29 is 139 Å². The van der Waals surface area contributed by atoms with E-state index in [0.29, 0.717) is 12.8 Å². The van der Waals surface area contributed by atoms with Gasteiger partial charge in [-0.2, -0.15) is 0 Å². The van der Waals surface area contributed by atoms with Crippen molar-refractivity contribution in [3.8, 4) is 0 Å². The van der Waals surface area contributed by atoms with Crippen LogP contribution >= 0.6 is 0 Å². The van der Waals surface area contributed by atoms with Crippen LogP contribution in [0.5, 0.6) is 0 Å². The van der Waals surface area contributed by atoms with E-state index in [4.69, 9.17) is 52.1 Å². The lowest BCUT2D eigenvalue weighted by Crippen LogP contribution is -2.64. The van der Waals surface area contributed by atoms with E-state index in [1.165, 1.54) is 68.4 Å². The van der Waals surface area contributed by atoms with E-state index >= 15 is 0 Å². The number of aliphatic hydroxyl groups is 2. The molecule has 0 radical (unpaired) electrons. The molecule has 32 heteroatoms. The number of nitrogens with one attached hydrogen (secondary N) is 3. The van der Waals surface area contributed by atoms with Crippen molar-refractivity contribution in [3.63, 3.8) is 0 Å². The molecule has 1 unspecified atom stereocenters. The summed E-state index contributed by atoms with van der Waals surface area (Å²) in [4.78, 5) is 221. The van der Waals surface area contributed by atoms with Gasteiger partial charge < -0.3 is 78.3 Å². The Kier molecular flexibility index (Phi) is 36.9. The van der Waals surface area contributed by atoms with Crippen LogP contribution < -0.4 is 16.0 Å². The molecule has 116 heavy (non-hydrogen) atoms. The number of amides is 3. The van der Waals surface area contributed by atoms with E-state index in [2.05, 4.69) is 16.0 Å². The number of carbonyl (C=O) groups is 16. The minimum absolute atomic E-state index is 0.0750. The van der Waals surface area contributed by atoms with E-state index in [0.717, 1.165) is 33.1 Å². The van der Waals surface area contributed by atoms with Crippen molar-refractivity contribution in [2.45, 2.75) is 394 Å². The van der Waals surface area contributed by atoms with Crippen LogP contribution in [0.2, 0.25) is 0 Å². The molecule has 1 saturated heterocycles. The van der Waals surface area contributed by atoms with Gasteiger partial charge in [0.05, 0.1) is 24.2 Å². The molecular formula is C84H131N3O29. The number of unbranched alkanes of at least 4 members (excludes halogenated alkanes) is 4. The summed E-state index contributed by atoms with van der Waals surface area (Å²) in [6, 6.07) is -5.07. The average molecular weight is 1650 g/mol. The number of rotatable bonds is 40. The molecule has 1 heterocycles. The molecule has 3 amide bonds. The molecule has 3 rings (SSSR count). The fourth-order valence-corrected chi connectivity index (χ4v) is 13.4. The first-order valence-corrected chi connectivity index (χ1v) is 40.0. The Hall–Kier alpha value is -8.68. The molecule has 0 spiro atoms. The van der Waals surface area contributed by atoms with E-state index in [1.807, 2.05) is 6.92 Å². The van der Waals surface area contributed by atoms with Gasteiger partial charge in [-0.25, -0.2) is 24.0 Å². The zero-order valence-corrected chi connectivity index (χ0v) is 72.9. The van der Waals surface area contributed by atoms with E-state index in [1.54, 1.807) is 90.0 Å². The summed E-state index contributed by atoms with van der Waals surface area (Å²) in [5.41, 5.74) is -14.1. The maximum absolute atomic E-state index is 14.6. The van der Waals surface area contributed by atoms with Crippen LogP contribution in [0.4, 0.5) is 4.79 Å². The van der Waals surface area contributed by atoms with Crippen molar-refractivity contribution in [2.75, 3.05) is 0 Å². The molecule has 2 aliphatic carbocycles. The van der Waals surface area contributed by atoms with Crippen LogP contribution in [-0.4, -0.2) is 198 Å². The predicted octanol–water partition coefficient (Wildman–Crippen LogP) is 9.71. The monoisotopic (exact) mass is 1650 g/mol. The fourth-order valence-electron chi connectivity index (χ4n) is 13.4. The lowest BCUT2D eigenvalue weighted by atomic mass is 9.75. The molecule has 1 aliphatic heterocycles. The number of ether oxygens (including phenoxy) is 11. The molecule has 2 fully saturated rings. The number of hydrogen-bond acceptors (Lipinski definition) is 29. The van der Waals surface area contributed by atoms with Crippen LogP contribution in [0.25, 0.3) is 0 Å². The summed E-state index contributed by atoms with van der Waals surface area (Å²) in [7, 11) is 0. The molecule has 32 nitrogen and oxygen atoms in total. The number of hydrogen-bond donors (Lipinski definition) is 5. The van der Waals surface area contributed by atoms with Crippen molar-refractivity contribution in [3.05, 3.63) is 22.8 Å². The molecular weight excluding hydrogens is 1510 g/mol. The second-order valence-electron chi connectivity index (χ2n) is 36.7. The summed E-state index contributed by atoms with van der Waals surface area (Å²) in [5.74, 6) is -17.4. The number of Topliss-reactive ketones (excluding diaryl/α,β-unsaturated/α-hetero) is 3. The summed E-state index contributed by atoms with van der Waals surface area (Å²) >= 11 is 0. The maximum atomic E-state index is 14.6. The molecule has 1 saturated carbocycles. The SMILES string of the molecule is C/C=C(/C)C(=O)O[C@H]1C(C)=C2[C@H]([C@@H]1OC(=O)CCCCCCC)[C@@](C)(OC(C)=O)C[C@H](OC(=O)CCC(=O)CC(NC(=O)OC(C)(C)C)C(=O)N[C@@H](CCC(=O)C[C@@H](CCC(=O)N[C@@H](CCC(=O)C[C@@H](CCC(=O)OC(C)(C)C)C(=O)OC(C)(C)C)C(=O)OC(C)(C)C)C(=O)OC(C)(C)C)C(=O)OC(C)(C)C)[C@@]1(O)[C@H]2OC(=O)[C@@]1(C)O. The second-order valence-corrected chi connectivity index (χ2v) is 36.7. The molecule has 3 aliphatic rings. The standard InChI is InChI=1S/C84H131N3O29/c1-26-28-29-30-31-32-60(93)107-66-64-63(48(4)65(66)108-69(97)47(3)27-2)67-84(105,83(25,104)74(102)109-67)58(46-82(64,24)110-49(5)88)106-61(94)42-37-54(91)45-57(87-75(103)116-81(21,22)23)68(96)86-56(73(101)115-80(18,19)20)39-36-53(90)43-50(70(98)112-77(9,10)11)33-40-59(92)85-55(72(100)114-79(15,16)17)38-35-52(89)44-51(71(99)113-78(12,13)14)34-41-62(95)111-76(6,7)8/h27,50-51,55-58,64-67,104-105H,26,28-46H2,1-25H3,(H,85,92)(H,86,96)(H,87,103)/b47-27-/t50-,51-,55+,56+,57?,58+,64-,65+,66+,67+,82+,83-,84-/m1/s1. The highest BCUT2D eigenvalue weighted by atomic mass is 16.6. The Morgan fingerprint density at radius 2 is 0.966 bits per heavy atom.